The number of esters is 1. The highest BCUT2D eigenvalue weighted by Gasteiger charge is 2.47. The Kier molecular flexibility index (Phi) is 7.27. The third kappa shape index (κ3) is 5.58. The number of nitrogens with one attached hydrogen (secondary N) is 1. The van der Waals surface area contributed by atoms with Crippen molar-refractivity contribution in [2.24, 2.45) is 5.73 Å². The summed E-state index contributed by atoms with van der Waals surface area (Å²) < 4.78 is 10.7. The molecule has 7 nitrogen and oxygen atoms in total. The lowest BCUT2D eigenvalue weighted by molar-refractivity contribution is -0.150. The van der Waals surface area contributed by atoms with Gasteiger partial charge in [0.1, 0.15) is 12.7 Å². The van der Waals surface area contributed by atoms with Gasteiger partial charge in [0.25, 0.3) is 0 Å². The van der Waals surface area contributed by atoms with Gasteiger partial charge < -0.3 is 15.2 Å². The molecular formula is C28H28N2O5. The number of likely N-dealkylation sites (N-methyl/N-ethyl adjacent to an activating group) is 1. The highest BCUT2D eigenvalue weighted by Crippen LogP contribution is 2.43. The number of hydrogen-bond donors (Lipinski definition) is 2. The monoisotopic (exact) mass is 472 g/mol. The number of Topliss-reactive ketones (excluding diaryl/α,β-unsaturated/α-hetero) is 1. The molecule has 1 fully saturated rings. The zero-order valence-electron chi connectivity index (χ0n) is 19.5. The summed E-state index contributed by atoms with van der Waals surface area (Å²) in [5.41, 5.74) is 6.48. The van der Waals surface area contributed by atoms with Gasteiger partial charge in [-0.3, -0.25) is 10.1 Å². The lowest BCUT2D eigenvalue weighted by Gasteiger charge is -2.30. The van der Waals surface area contributed by atoms with Gasteiger partial charge in [0.05, 0.1) is 0 Å². The molecular weight excluding hydrogens is 444 g/mol. The molecule has 1 saturated carbocycles. The molecule has 180 valence electrons. The number of amides is 1. The number of carbonyl (C=O) groups is 3. The standard InChI is InChI=1S/C28H28N2O5/c1-30-28(17-19-8-4-2-5-9-19,26(32)34-18-20-10-6-3-7-11-20)25(31)22-14-12-21(13-15-22)23-16-24(23)35-27(29)33/h2-15,23-24,30H,16-18H2,1H3,(H2,29,33)/t23?,24?,28-/m1/s1. The molecule has 0 saturated heterocycles. The predicted octanol–water partition coefficient (Wildman–Crippen LogP) is 3.76. The Labute approximate surface area is 204 Å². The van der Waals surface area contributed by atoms with Crippen molar-refractivity contribution in [3.8, 4) is 0 Å². The van der Waals surface area contributed by atoms with Crippen LogP contribution in [-0.2, 0) is 27.3 Å². The Bertz CT molecular complexity index is 1180. The van der Waals surface area contributed by atoms with Crippen molar-refractivity contribution in [3.63, 3.8) is 0 Å². The summed E-state index contributed by atoms with van der Waals surface area (Å²) >= 11 is 0. The molecule has 7 heteroatoms. The van der Waals surface area contributed by atoms with Crippen LogP contribution in [-0.4, -0.2) is 36.5 Å². The number of benzene rings is 3. The van der Waals surface area contributed by atoms with Gasteiger partial charge in [0.15, 0.2) is 11.3 Å². The molecule has 0 aromatic heterocycles. The van der Waals surface area contributed by atoms with Gasteiger partial charge >= 0.3 is 12.1 Å². The Hall–Kier alpha value is -3.97. The first kappa shape index (κ1) is 24.2. The molecule has 0 bridgehead atoms. The second kappa shape index (κ2) is 10.5. The summed E-state index contributed by atoms with van der Waals surface area (Å²) in [6.45, 7) is 0.0625. The van der Waals surface area contributed by atoms with Crippen LogP contribution in [0.3, 0.4) is 0 Å². The van der Waals surface area contributed by atoms with E-state index in [2.05, 4.69) is 5.32 Å². The smallest absolute Gasteiger partial charge is 0.404 e. The maximum absolute atomic E-state index is 13.8. The van der Waals surface area contributed by atoms with Crippen LogP contribution in [0.15, 0.2) is 84.9 Å². The number of ketones is 1. The molecule has 1 aliphatic carbocycles. The summed E-state index contributed by atoms with van der Waals surface area (Å²) in [5, 5.41) is 2.98. The highest BCUT2D eigenvalue weighted by molar-refractivity contribution is 6.16. The minimum atomic E-state index is -1.60. The van der Waals surface area contributed by atoms with E-state index in [0.29, 0.717) is 12.0 Å². The number of carbonyl (C=O) groups excluding carboxylic acids is 3. The lowest BCUT2D eigenvalue weighted by Crippen LogP contribution is -2.59. The van der Waals surface area contributed by atoms with Crippen LogP contribution >= 0.6 is 0 Å². The van der Waals surface area contributed by atoms with E-state index in [-0.39, 0.29) is 30.8 Å². The SMILES string of the molecule is CN[C@@](Cc1ccccc1)(C(=O)OCc1ccccc1)C(=O)c1ccc(C2CC2OC(N)=O)cc1. The van der Waals surface area contributed by atoms with Gasteiger partial charge in [-0.05, 0) is 30.2 Å². The van der Waals surface area contributed by atoms with Crippen LogP contribution < -0.4 is 11.1 Å². The average Bonchev–Trinajstić information content (AvgIpc) is 3.65. The molecule has 1 aliphatic rings. The van der Waals surface area contributed by atoms with Crippen LogP contribution in [0, 0.1) is 0 Å². The van der Waals surface area contributed by atoms with Crippen molar-refractivity contribution in [2.75, 3.05) is 7.05 Å². The fraction of sp³-hybridized carbons (Fsp3) is 0.250. The van der Waals surface area contributed by atoms with Crippen LogP contribution in [0.1, 0.15) is 39.4 Å². The Morgan fingerprint density at radius 1 is 0.914 bits per heavy atom. The van der Waals surface area contributed by atoms with Gasteiger partial charge in [-0.15, -0.1) is 0 Å². The van der Waals surface area contributed by atoms with Crippen LogP contribution in [0.4, 0.5) is 4.79 Å². The predicted molar refractivity (Wildman–Crippen MR) is 131 cm³/mol. The van der Waals surface area contributed by atoms with Crippen LogP contribution in [0.2, 0.25) is 0 Å². The first-order chi connectivity index (χ1) is 16.9. The molecule has 3 aromatic rings. The molecule has 3 aromatic carbocycles. The molecule has 35 heavy (non-hydrogen) atoms. The number of rotatable bonds is 10. The van der Waals surface area contributed by atoms with E-state index in [4.69, 9.17) is 15.2 Å². The minimum absolute atomic E-state index is 0.0564. The third-order valence-electron chi connectivity index (χ3n) is 6.29. The maximum Gasteiger partial charge on any atom is 0.404 e. The van der Waals surface area contributed by atoms with E-state index in [1.807, 2.05) is 72.8 Å². The summed E-state index contributed by atoms with van der Waals surface area (Å²) in [7, 11) is 1.59. The van der Waals surface area contributed by atoms with Crippen LogP contribution in [0.25, 0.3) is 0 Å². The van der Waals surface area contributed by atoms with Crippen molar-refractivity contribution in [3.05, 3.63) is 107 Å². The second-order valence-electron chi connectivity index (χ2n) is 8.65. The van der Waals surface area contributed by atoms with Gasteiger partial charge in [0.2, 0.25) is 0 Å². The minimum Gasteiger partial charge on any atom is -0.459 e. The third-order valence-corrected chi connectivity index (χ3v) is 6.29. The fourth-order valence-electron chi connectivity index (χ4n) is 4.23. The van der Waals surface area contributed by atoms with Crippen molar-refractivity contribution in [2.45, 2.75) is 37.0 Å². The molecule has 0 radical (unpaired) electrons. The van der Waals surface area contributed by atoms with E-state index >= 15 is 0 Å². The summed E-state index contributed by atoms with van der Waals surface area (Å²) in [6, 6.07) is 25.7. The van der Waals surface area contributed by atoms with Gasteiger partial charge in [-0.25, -0.2) is 9.59 Å². The summed E-state index contributed by atoms with van der Waals surface area (Å²) in [4.78, 5) is 38.2. The fourth-order valence-corrected chi connectivity index (χ4v) is 4.23. The van der Waals surface area contributed by atoms with E-state index in [1.165, 1.54) is 0 Å². The van der Waals surface area contributed by atoms with Gasteiger partial charge in [-0.2, -0.15) is 0 Å². The number of ether oxygens (including phenoxy) is 2. The second-order valence-corrected chi connectivity index (χ2v) is 8.65. The normalized spacial score (nSPS) is 18.2. The first-order valence-electron chi connectivity index (χ1n) is 11.5. The summed E-state index contributed by atoms with van der Waals surface area (Å²) in [5.74, 6) is -0.964. The Morgan fingerprint density at radius 3 is 2.09 bits per heavy atom. The Morgan fingerprint density at radius 2 is 1.51 bits per heavy atom. The van der Waals surface area contributed by atoms with Crippen molar-refractivity contribution >= 4 is 17.8 Å². The molecule has 3 atom stereocenters. The van der Waals surface area contributed by atoms with Crippen molar-refractivity contribution < 1.29 is 23.9 Å². The number of hydrogen-bond acceptors (Lipinski definition) is 6. The zero-order chi connectivity index (χ0) is 24.8. The van der Waals surface area contributed by atoms with E-state index in [1.54, 1.807) is 19.2 Å². The molecule has 0 heterocycles. The number of primary amides is 1. The van der Waals surface area contributed by atoms with Crippen molar-refractivity contribution in [1.29, 1.82) is 0 Å². The van der Waals surface area contributed by atoms with Gasteiger partial charge in [0, 0.05) is 17.9 Å². The van der Waals surface area contributed by atoms with E-state index < -0.39 is 17.6 Å². The molecule has 4 rings (SSSR count). The van der Waals surface area contributed by atoms with Crippen molar-refractivity contribution in [1.82, 2.24) is 5.32 Å². The van der Waals surface area contributed by atoms with Gasteiger partial charge in [-0.1, -0.05) is 84.9 Å². The van der Waals surface area contributed by atoms with Crippen LogP contribution in [0.5, 0.6) is 0 Å². The zero-order valence-corrected chi connectivity index (χ0v) is 19.5. The lowest BCUT2D eigenvalue weighted by atomic mass is 9.83. The topological polar surface area (TPSA) is 108 Å². The molecule has 1 amide bonds. The molecule has 3 N–H and O–H groups in total. The average molecular weight is 473 g/mol. The molecule has 0 spiro atoms. The molecule has 0 aliphatic heterocycles. The largest absolute Gasteiger partial charge is 0.459 e. The molecule has 2 unspecified atom stereocenters. The first-order valence-corrected chi connectivity index (χ1v) is 11.5. The number of nitrogens with two attached hydrogens (primary N) is 1. The van der Waals surface area contributed by atoms with E-state index in [9.17, 15) is 14.4 Å². The van der Waals surface area contributed by atoms with E-state index in [0.717, 1.165) is 16.7 Å². The Balaban J connectivity index is 1.57. The quantitative estimate of drug-likeness (QED) is 0.264. The highest BCUT2D eigenvalue weighted by atomic mass is 16.6. The maximum atomic E-state index is 13.8. The summed E-state index contributed by atoms with van der Waals surface area (Å²) in [6.07, 6.45) is -0.207.